The van der Waals surface area contributed by atoms with Crippen LogP contribution in [0.5, 0.6) is 11.5 Å². The highest BCUT2D eigenvalue weighted by molar-refractivity contribution is 7.86. The maximum absolute atomic E-state index is 14.3. The number of ether oxygens (including phenoxy) is 1. The summed E-state index contributed by atoms with van der Waals surface area (Å²) in [5.41, 5.74) is 6.44. The molecule has 168 valence electrons. The summed E-state index contributed by atoms with van der Waals surface area (Å²) in [6.45, 7) is 5.30. The smallest absolute Gasteiger partial charge is 0.254 e. The van der Waals surface area contributed by atoms with Gasteiger partial charge in [0.05, 0.1) is 29.5 Å². The molecule has 10 heteroatoms. The monoisotopic (exact) mass is 460 g/mol. The Balaban J connectivity index is 1.97. The molecule has 0 saturated carbocycles. The molecule has 2 aromatic carbocycles. The summed E-state index contributed by atoms with van der Waals surface area (Å²) >= 11 is 0. The van der Waals surface area contributed by atoms with Crippen LogP contribution in [-0.4, -0.2) is 20.3 Å². The average molecular weight is 461 g/mol. The van der Waals surface area contributed by atoms with E-state index in [1.807, 2.05) is 0 Å². The first-order valence-electron chi connectivity index (χ1n) is 9.60. The predicted molar refractivity (Wildman–Crippen MR) is 121 cm³/mol. The summed E-state index contributed by atoms with van der Waals surface area (Å²) < 4.78 is 49.1. The van der Waals surface area contributed by atoms with Gasteiger partial charge < -0.3 is 20.5 Å². The lowest BCUT2D eigenvalue weighted by Gasteiger charge is -2.16. The Bertz CT molecular complexity index is 1190. The lowest BCUT2D eigenvalue weighted by Crippen LogP contribution is -2.16. The van der Waals surface area contributed by atoms with Crippen molar-refractivity contribution in [2.45, 2.75) is 26.0 Å². The van der Waals surface area contributed by atoms with E-state index in [1.54, 1.807) is 26.8 Å². The summed E-state index contributed by atoms with van der Waals surface area (Å²) in [7, 11) is -1.35. The number of anilines is 3. The molecule has 0 radical (unpaired) electrons. The third-order valence-electron chi connectivity index (χ3n) is 4.29. The summed E-state index contributed by atoms with van der Waals surface area (Å²) in [4.78, 5) is 16.2. The molecule has 4 N–H and O–H groups in total. The molecule has 0 bridgehead atoms. The lowest BCUT2D eigenvalue weighted by molar-refractivity contribution is 0.0999. The van der Waals surface area contributed by atoms with Crippen molar-refractivity contribution in [2.24, 2.45) is 5.73 Å². The minimum atomic E-state index is -1.35. The van der Waals surface area contributed by atoms with E-state index in [0.29, 0.717) is 11.3 Å². The first kappa shape index (κ1) is 23.1. The highest BCUT2D eigenvalue weighted by atomic mass is 32.2. The van der Waals surface area contributed by atoms with Gasteiger partial charge in [-0.05, 0) is 44.5 Å². The van der Waals surface area contributed by atoms with Crippen molar-refractivity contribution in [3.05, 3.63) is 71.6 Å². The summed E-state index contributed by atoms with van der Waals surface area (Å²) in [6, 6.07) is 7.94. The maximum Gasteiger partial charge on any atom is 0.254 e. The fourth-order valence-corrected chi connectivity index (χ4v) is 3.35. The van der Waals surface area contributed by atoms with Crippen LogP contribution in [0.15, 0.2) is 48.8 Å². The Morgan fingerprint density at radius 1 is 1.12 bits per heavy atom. The van der Waals surface area contributed by atoms with E-state index in [-0.39, 0.29) is 33.7 Å². The molecular weight excluding hydrogens is 438 g/mol. The molecule has 0 spiro atoms. The Morgan fingerprint density at radius 2 is 1.88 bits per heavy atom. The van der Waals surface area contributed by atoms with E-state index in [4.69, 9.17) is 10.5 Å². The molecule has 1 atom stereocenters. The van der Waals surface area contributed by atoms with Crippen LogP contribution in [0.3, 0.4) is 0 Å². The molecular formula is C22H22F2N4O3S. The number of pyridine rings is 1. The molecule has 32 heavy (non-hydrogen) atoms. The zero-order chi connectivity index (χ0) is 23.4. The molecule has 1 heterocycles. The number of nitrogens with zero attached hydrogens (tertiary/aromatic N) is 1. The minimum Gasteiger partial charge on any atom is -0.455 e. The highest BCUT2D eigenvalue weighted by Gasteiger charge is 2.20. The van der Waals surface area contributed by atoms with Gasteiger partial charge >= 0.3 is 0 Å². The molecule has 0 saturated heterocycles. The Labute approximate surface area is 186 Å². The minimum absolute atomic E-state index is 0.0404. The molecule has 0 fully saturated rings. The fourth-order valence-electron chi connectivity index (χ4n) is 2.77. The first-order chi connectivity index (χ1) is 15.1. The summed E-state index contributed by atoms with van der Waals surface area (Å²) in [5, 5.41) is 2.56. The van der Waals surface area contributed by atoms with Gasteiger partial charge in [-0.3, -0.25) is 9.78 Å². The number of carbonyl (C=O) groups is 1. The Hall–Kier alpha value is -3.53. The normalized spacial score (nSPS) is 11.8. The van der Waals surface area contributed by atoms with Crippen LogP contribution in [0.25, 0.3) is 0 Å². The summed E-state index contributed by atoms with van der Waals surface area (Å²) in [6.07, 6.45) is 2.78. The van der Waals surface area contributed by atoms with Crippen molar-refractivity contribution in [1.29, 1.82) is 0 Å². The van der Waals surface area contributed by atoms with E-state index in [1.165, 1.54) is 30.6 Å². The van der Waals surface area contributed by atoms with E-state index in [0.717, 1.165) is 12.1 Å². The van der Waals surface area contributed by atoms with Crippen LogP contribution in [0.2, 0.25) is 0 Å². The summed E-state index contributed by atoms with van der Waals surface area (Å²) in [5.74, 6) is -2.25. The standard InChI is InChI=1S/C22H22F2N4O3S/c1-12(2)32(30)28-15-9-16(11-26-10-15)31-20-8-14(23)7-19(21(20)22(25)29)27-18-5-4-13(3)6-17(18)24/h4-12,27-28H,1-3H3,(H2,25,29). The topological polar surface area (TPSA) is 106 Å². The van der Waals surface area contributed by atoms with Crippen LogP contribution in [0, 0.1) is 18.6 Å². The van der Waals surface area contributed by atoms with Crippen LogP contribution >= 0.6 is 0 Å². The molecule has 1 aromatic heterocycles. The van der Waals surface area contributed by atoms with Crippen molar-refractivity contribution in [3.63, 3.8) is 0 Å². The second-order valence-corrected chi connectivity index (χ2v) is 9.00. The van der Waals surface area contributed by atoms with E-state index < -0.39 is 28.5 Å². The van der Waals surface area contributed by atoms with Crippen molar-refractivity contribution < 1.29 is 22.5 Å². The van der Waals surface area contributed by atoms with Gasteiger partial charge in [0.15, 0.2) is 0 Å². The number of benzene rings is 2. The number of nitrogens with two attached hydrogens (primary N) is 1. The number of rotatable bonds is 8. The number of halogens is 2. The van der Waals surface area contributed by atoms with Crippen molar-refractivity contribution in [2.75, 3.05) is 10.0 Å². The van der Waals surface area contributed by atoms with Crippen LogP contribution in [0.1, 0.15) is 29.8 Å². The van der Waals surface area contributed by atoms with Crippen LogP contribution in [0.4, 0.5) is 25.8 Å². The third-order valence-corrected chi connectivity index (χ3v) is 5.59. The second-order valence-electron chi connectivity index (χ2n) is 7.26. The molecule has 3 aromatic rings. The molecule has 3 rings (SSSR count). The van der Waals surface area contributed by atoms with Gasteiger partial charge in [-0.15, -0.1) is 0 Å². The van der Waals surface area contributed by atoms with Crippen LogP contribution < -0.4 is 20.5 Å². The Morgan fingerprint density at radius 3 is 2.53 bits per heavy atom. The van der Waals surface area contributed by atoms with Gasteiger partial charge in [0.1, 0.15) is 39.7 Å². The Kier molecular flexibility index (Phi) is 7.04. The molecule has 0 aliphatic heterocycles. The van der Waals surface area contributed by atoms with Crippen molar-refractivity contribution in [3.8, 4) is 11.5 Å². The number of carbonyl (C=O) groups excluding carboxylic acids is 1. The molecule has 0 aliphatic rings. The van der Waals surface area contributed by atoms with Crippen molar-refractivity contribution in [1.82, 2.24) is 4.98 Å². The molecule has 0 aliphatic carbocycles. The predicted octanol–water partition coefficient (Wildman–Crippen LogP) is 4.79. The second kappa shape index (κ2) is 9.73. The zero-order valence-electron chi connectivity index (χ0n) is 17.6. The highest BCUT2D eigenvalue weighted by Crippen LogP contribution is 2.34. The number of hydrogen-bond donors (Lipinski definition) is 3. The number of amides is 1. The van der Waals surface area contributed by atoms with Gasteiger partial charge in [0, 0.05) is 17.4 Å². The van der Waals surface area contributed by atoms with Crippen LogP contribution in [-0.2, 0) is 11.0 Å². The number of primary amides is 1. The SMILES string of the molecule is Cc1ccc(Nc2cc(F)cc(Oc3cncc(NS(=O)C(C)C)c3)c2C(N)=O)c(F)c1. The number of hydrogen-bond acceptors (Lipinski definition) is 5. The molecule has 1 amide bonds. The number of aryl methyl sites for hydroxylation is 1. The average Bonchev–Trinajstić information content (AvgIpc) is 2.69. The lowest BCUT2D eigenvalue weighted by atomic mass is 10.1. The fraction of sp³-hybridized carbons (Fsp3) is 0.182. The number of nitrogens with one attached hydrogen (secondary N) is 2. The molecule has 7 nitrogen and oxygen atoms in total. The quantitative estimate of drug-likeness (QED) is 0.448. The van der Waals surface area contributed by atoms with Gasteiger partial charge in [0.25, 0.3) is 5.91 Å². The van der Waals surface area contributed by atoms with E-state index in [9.17, 15) is 17.8 Å². The van der Waals surface area contributed by atoms with Gasteiger partial charge in [-0.1, -0.05) is 6.07 Å². The molecule has 1 unspecified atom stereocenters. The van der Waals surface area contributed by atoms with Crippen molar-refractivity contribution >= 4 is 34.0 Å². The maximum atomic E-state index is 14.3. The van der Waals surface area contributed by atoms with E-state index >= 15 is 0 Å². The van der Waals surface area contributed by atoms with Gasteiger partial charge in [-0.25, -0.2) is 13.0 Å². The first-order valence-corrected chi connectivity index (χ1v) is 10.8. The van der Waals surface area contributed by atoms with Gasteiger partial charge in [0.2, 0.25) is 0 Å². The third kappa shape index (κ3) is 5.58. The zero-order valence-corrected chi connectivity index (χ0v) is 18.4. The van der Waals surface area contributed by atoms with E-state index in [2.05, 4.69) is 15.0 Å². The van der Waals surface area contributed by atoms with Gasteiger partial charge in [-0.2, -0.15) is 0 Å². The largest absolute Gasteiger partial charge is 0.455 e. The number of aromatic nitrogens is 1.